The molecule has 0 fully saturated rings. The van der Waals surface area contributed by atoms with Crippen LogP contribution in [0.15, 0.2) is 91.0 Å². The fourth-order valence-electron chi connectivity index (χ4n) is 2.69. The van der Waals surface area contributed by atoms with Crippen molar-refractivity contribution in [1.82, 2.24) is 0 Å². The van der Waals surface area contributed by atoms with Crippen LogP contribution in [0.1, 0.15) is 19.4 Å². The van der Waals surface area contributed by atoms with Crippen LogP contribution in [-0.2, 0) is 14.4 Å². The molecule has 33 heavy (non-hydrogen) atoms. The highest BCUT2D eigenvalue weighted by Gasteiger charge is 2.08. The van der Waals surface area contributed by atoms with E-state index in [1.807, 2.05) is 24.3 Å². The molecule has 0 saturated heterocycles. The van der Waals surface area contributed by atoms with Gasteiger partial charge in [0.2, 0.25) is 0 Å². The Balaban J connectivity index is 1.62. The monoisotopic (exact) mass is 442 g/mol. The fraction of sp³-hybridized carbons (Fsp3) is 0.0741. The Morgan fingerprint density at radius 1 is 0.667 bits per heavy atom. The lowest BCUT2D eigenvalue weighted by Crippen LogP contribution is -2.08. The van der Waals surface area contributed by atoms with Crippen molar-refractivity contribution in [3.63, 3.8) is 0 Å². The van der Waals surface area contributed by atoms with Gasteiger partial charge >= 0.3 is 17.9 Å². The molecule has 0 heterocycles. The summed E-state index contributed by atoms with van der Waals surface area (Å²) >= 11 is 0. The Kier molecular flexibility index (Phi) is 7.20. The zero-order valence-corrected chi connectivity index (χ0v) is 18.3. The van der Waals surface area contributed by atoms with E-state index in [0.29, 0.717) is 22.8 Å². The molecule has 3 aromatic rings. The van der Waals surface area contributed by atoms with E-state index < -0.39 is 17.9 Å². The normalized spacial score (nSPS) is 10.6. The molecular weight excluding hydrogens is 420 g/mol. The minimum absolute atomic E-state index is 0.288. The Morgan fingerprint density at radius 2 is 1.15 bits per heavy atom. The Hall–Kier alpha value is -4.45. The van der Waals surface area contributed by atoms with Gasteiger partial charge in [-0.15, -0.1) is 0 Å². The van der Waals surface area contributed by atoms with Crippen molar-refractivity contribution in [2.24, 2.45) is 0 Å². The molecule has 0 atom stereocenters. The highest BCUT2D eigenvalue weighted by molar-refractivity contribution is 5.92. The lowest BCUT2D eigenvalue weighted by molar-refractivity contribution is -0.131. The number of carbonyl (C=O) groups excluding carboxylic acids is 3. The number of carbonyl (C=O) groups is 3. The van der Waals surface area contributed by atoms with Crippen molar-refractivity contribution in [3.8, 4) is 17.2 Å². The van der Waals surface area contributed by atoms with Crippen molar-refractivity contribution in [2.75, 3.05) is 0 Å². The molecule has 0 aliphatic heterocycles. The largest absolute Gasteiger partial charge is 0.423 e. The number of hydrogen-bond donors (Lipinski definition) is 0. The molecule has 0 aliphatic rings. The molecule has 0 bridgehead atoms. The standard InChI is InChI=1S/C27H22O6/c1-17(2)26(29)32-23-12-10-22(11-13-23)31-25(28)14-6-19-5-7-21-16-24(9-8-20(21)15-19)33-27(30)18(3)4/h5-16H,1,3H2,2,4H3. The van der Waals surface area contributed by atoms with Crippen molar-refractivity contribution < 1.29 is 28.6 Å². The first kappa shape index (κ1) is 23.2. The minimum atomic E-state index is -0.552. The zero-order chi connectivity index (χ0) is 24.0. The first-order valence-electron chi connectivity index (χ1n) is 10.0. The van der Waals surface area contributed by atoms with Crippen LogP contribution in [0.2, 0.25) is 0 Å². The van der Waals surface area contributed by atoms with Crippen LogP contribution < -0.4 is 14.2 Å². The summed E-state index contributed by atoms with van der Waals surface area (Å²) in [6.45, 7) is 10.2. The minimum Gasteiger partial charge on any atom is -0.423 e. The van der Waals surface area contributed by atoms with Gasteiger partial charge in [-0.3, -0.25) is 0 Å². The predicted octanol–water partition coefficient (Wildman–Crippen LogP) is 5.42. The van der Waals surface area contributed by atoms with Crippen molar-refractivity contribution >= 4 is 34.8 Å². The summed E-state index contributed by atoms with van der Waals surface area (Å²) in [6.07, 6.45) is 2.96. The number of fused-ring (bicyclic) bond motifs is 1. The van der Waals surface area contributed by atoms with Crippen LogP contribution in [-0.4, -0.2) is 17.9 Å². The third-order valence-corrected chi connectivity index (χ3v) is 4.41. The Labute approximate surface area is 191 Å². The molecule has 3 rings (SSSR count). The van der Waals surface area contributed by atoms with Crippen molar-refractivity contribution in [1.29, 1.82) is 0 Å². The molecule has 6 nitrogen and oxygen atoms in total. The molecule has 0 N–H and O–H groups in total. The predicted molar refractivity (Wildman–Crippen MR) is 126 cm³/mol. The lowest BCUT2D eigenvalue weighted by Gasteiger charge is -2.06. The Bertz CT molecular complexity index is 1280. The molecule has 166 valence electrons. The SMILES string of the molecule is C=C(C)C(=O)Oc1ccc(OC(=O)C=Cc2ccc3cc(OC(=O)C(=C)C)ccc3c2)cc1. The number of ether oxygens (including phenoxy) is 3. The molecule has 0 spiro atoms. The maximum atomic E-state index is 12.1. The Morgan fingerprint density at radius 3 is 1.76 bits per heavy atom. The molecule has 0 amide bonds. The second-order valence-electron chi connectivity index (χ2n) is 7.33. The summed E-state index contributed by atoms with van der Waals surface area (Å²) in [4.78, 5) is 35.3. The molecule has 0 aliphatic carbocycles. The summed E-state index contributed by atoms with van der Waals surface area (Å²) in [5.74, 6) is -0.481. The van der Waals surface area contributed by atoms with Crippen LogP contribution in [0.3, 0.4) is 0 Å². The topological polar surface area (TPSA) is 78.9 Å². The summed E-state index contributed by atoms with van der Waals surface area (Å²) < 4.78 is 15.6. The van der Waals surface area contributed by atoms with Crippen LogP contribution >= 0.6 is 0 Å². The maximum Gasteiger partial charge on any atom is 0.338 e. The molecule has 3 aromatic carbocycles. The van der Waals surface area contributed by atoms with E-state index in [4.69, 9.17) is 14.2 Å². The van der Waals surface area contributed by atoms with Gasteiger partial charge < -0.3 is 14.2 Å². The summed E-state index contributed by atoms with van der Waals surface area (Å²) in [5, 5.41) is 1.80. The van der Waals surface area contributed by atoms with E-state index in [-0.39, 0.29) is 5.57 Å². The third-order valence-electron chi connectivity index (χ3n) is 4.41. The van der Waals surface area contributed by atoms with Crippen molar-refractivity contribution in [2.45, 2.75) is 13.8 Å². The smallest absolute Gasteiger partial charge is 0.338 e. The summed E-state index contributed by atoms with van der Waals surface area (Å²) in [7, 11) is 0. The second-order valence-corrected chi connectivity index (χ2v) is 7.33. The third kappa shape index (κ3) is 6.51. The van der Waals surface area contributed by atoms with E-state index in [1.54, 1.807) is 32.1 Å². The average molecular weight is 442 g/mol. The number of esters is 3. The second kappa shape index (κ2) is 10.2. The number of rotatable bonds is 7. The zero-order valence-electron chi connectivity index (χ0n) is 18.3. The lowest BCUT2D eigenvalue weighted by atomic mass is 10.1. The molecular formula is C27H22O6. The van der Waals surface area contributed by atoms with E-state index in [0.717, 1.165) is 16.3 Å². The van der Waals surface area contributed by atoms with Gasteiger partial charge in [0.05, 0.1) is 0 Å². The molecule has 0 aromatic heterocycles. The van der Waals surface area contributed by atoms with Gasteiger partial charge in [-0.2, -0.15) is 0 Å². The fourth-order valence-corrected chi connectivity index (χ4v) is 2.69. The van der Waals surface area contributed by atoms with E-state index in [2.05, 4.69) is 13.2 Å². The number of hydrogen-bond acceptors (Lipinski definition) is 6. The van der Waals surface area contributed by atoms with E-state index in [9.17, 15) is 14.4 Å². The molecule has 0 unspecified atom stereocenters. The van der Waals surface area contributed by atoms with Gasteiger partial charge in [-0.05, 0) is 78.7 Å². The van der Waals surface area contributed by atoms with E-state index in [1.165, 1.54) is 30.3 Å². The van der Waals surface area contributed by atoms with Crippen LogP contribution in [0.5, 0.6) is 17.2 Å². The first-order chi connectivity index (χ1) is 15.7. The average Bonchev–Trinajstić information content (AvgIpc) is 2.78. The van der Waals surface area contributed by atoms with Gasteiger partial charge in [0, 0.05) is 17.2 Å². The van der Waals surface area contributed by atoms with Crippen LogP contribution in [0, 0.1) is 0 Å². The van der Waals surface area contributed by atoms with Gasteiger partial charge in [0.15, 0.2) is 0 Å². The molecule has 6 heteroatoms. The molecule has 0 radical (unpaired) electrons. The van der Waals surface area contributed by atoms with Gasteiger partial charge in [-0.25, -0.2) is 14.4 Å². The van der Waals surface area contributed by atoms with Crippen LogP contribution in [0.4, 0.5) is 0 Å². The first-order valence-corrected chi connectivity index (χ1v) is 10.0. The van der Waals surface area contributed by atoms with Gasteiger partial charge in [-0.1, -0.05) is 31.4 Å². The summed E-state index contributed by atoms with van der Waals surface area (Å²) in [5.41, 5.74) is 1.41. The van der Waals surface area contributed by atoms with E-state index >= 15 is 0 Å². The summed E-state index contributed by atoms with van der Waals surface area (Å²) in [6, 6.07) is 17.0. The number of benzene rings is 3. The quantitative estimate of drug-likeness (QED) is 0.276. The highest BCUT2D eigenvalue weighted by atomic mass is 16.5. The van der Waals surface area contributed by atoms with Gasteiger partial charge in [0.1, 0.15) is 17.2 Å². The van der Waals surface area contributed by atoms with Crippen molar-refractivity contribution in [3.05, 3.63) is 96.6 Å². The molecule has 0 saturated carbocycles. The maximum absolute atomic E-state index is 12.1. The highest BCUT2D eigenvalue weighted by Crippen LogP contribution is 2.23. The van der Waals surface area contributed by atoms with Gasteiger partial charge in [0.25, 0.3) is 0 Å². The van der Waals surface area contributed by atoms with Crippen LogP contribution in [0.25, 0.3) is 16.8 Å².